The maximum Gasteiger partial charge on any atom is 0.233 e. The van der Waals surface area contributed by atoms with Crippen LogP contribution < -0.4 is 9.47 Å². The lowest BCUT2D eigenvalue weighted by Gasteiger charge is -2.47. The number of carbonyl (C=O) groups excluding carboxylic acids is 1. The summed E-state index contributed by atoms with van der Waals surface area (Å²) in [5.41, 5.74) is 2.06. The molecule has 0 aromatic heterocycles. The number of amides is 1. The Bertz CT molecular complexity index is 742. The SMILES string of the molecule is C=CCN1C(=O)[C@H](c2ccc(OC)c(OC)c2)[C@H]1c1ccccc1. The zero-order valence-electron chi connectivity index (χ0n) is 13.9. The van der Waals surface area contributed by atoms with Crippen molar-refractivity contribution in [3.63, 3.8) is 0 Å². The maximum absolute atomic E-state index is 12.7. The molecule has 0 aliphatic carbocycles. The zero-order chi connectivity index (χ0) is 17.1. The monoisotopic (exact) mass is 323 g/mol. The third kappa shape index (κ3) is 2.64. The lowest BCUT2D eigenvalue weighted by molar-refractivity contribution is -0.149. The molecule has 1 saturated heterocycles. The molecule has 0 bridgehead atoms. The van der Waals surface area contributed by atoms with Gasteiger partial charge in [-0.3, -0.25) is 4.79 Å². The molecule has 0 unspecified atom stereocenters. The minimum atomic E-state index is -0.216. The number of hydrogen-bond donors (Lipinski definition) is 0. The van der Waals surface area contributed by atoms with Gasteiger partial charge in [0.1, 0.15) is 0 Å². The van der Waals surface area contributed by atoms with Gasteiger partial charge in [0.2, 0.25) is 5.91 Å². The lowest BCUT2D eigenvalue weighted by atomic mass is 9.77. The van der Waals surface area contributed by atoms with Crippen LogP contribution in [-0.4, -0.2) is 31.6 Å². The van der Waals surface area contributed by atoms with Crippen molar-refractivity contribution in [3.05, 3.63) is 72.3 Å². The first kappa shape index (κ1) is 16.1. The van der Waals surface area contributed by atoms with E-state index >= 15 is 0 Å². The minimum absolute atomic E-state index is 0.00908. The summed E-state index contributed by atoms with van der Waals surface area (Å²) in [4.78, 5) is 14.5. The Balaban J connectivity index is 1.99. The molecule has 1 fully saturated rings. The molecule has 3 rings (SSSR count). The highest BCUT2D eigenvalue weighted by Gasteiger charge is 2.48. The average Bonchev–Trinajstić information content (AvgIpc) is 2.64. The normalized spacial score (nSPS) is 19.6. The molecule has 1 amide bonds. The predicted octanol–water partition coefficient (Wildman–Crippen LogP) is 3.56. The van der Waals surface area contributed by atoms with Crippen LogP contribution in [0.2, 0.25) is 0 Å². The molecule has 2 atom stereocenters. The molecule has 0 spiro atoms. The van der Waals surface area contributed by atoms with Gasteiger partial charge in [0.05, 0.1) is 26.2 Å². The number of hydrogen-bond acceptors (Lipinski definition) is 3. The minimum Gasteiger partial charge on any atom is -0.493 e. The highest BCUT2D eigenvalue weighted by atomic mass is 16.5. The van der Waals surface area contributed by atoms with E-state index in [4.69, 9.17) is 9.47 Å². The van der Waals surface area contributed by atoms with Crippen molar-refractivity contribution in [1.82, 2.24) is 4.90 Å². The number of β-lactam (4-membered cyclic amide) rings is 1. The fourth-order valence-electron chi connectivity index (χ4n) is 3.28. The second kappa shape index (κ2) is 6.79. The fraction of sp³-hybridized carbons (Fsp3) is 0.250. The van der Waals surface area contributed by atoms with Crippen LogP contribution in [-0.2, 0) is 4.79 Å². The summed E-state index contributed by atoms with van der Waals surface area (Å²) in [7, 11) is 3.20. The standard InChI is InChI=1S/C20H21NO3/c1-4-12-21-19(14-8-6-5-7-9-14)18(20(21)22)15-10-11-16(23-2)17(13-15)24-3/h4-11,13,18-19H,1,12H2,2-3H3/t18-,19-/m1/s1. The highest BCUT2D eigenvalue weighted by molar-refractivity contribution is 5.92. The Morgan fingerprint density at radius 2 is 1.75 bits per heavy atom. The smallest absolute Gasteiger partial charge is 0.233 e. The number of benzene rings is 2. The van der Waals surface area contributed by atoms with E-state index in [1.807, 2.05) is 41.3 Å². The molecular formula is C20H21NO3. The summed E-state index contributed by atoms with van der Waals surface area (Å²) < 4.78 is 10.7. The molecule has 1 aliphatic heterocycles. The molecule has 1 heterocycles. The molecule has 0 saturated carbocycles. The third-order valence-electron chi connectivity index (χ3n) is 4.43. The first-order valence-electron chi connectivity index (χ1n) is 7.89. The van der Waals surface area contributed by atoms with Crippen molar-refractivity contribution in [2.24, 2.45) is 0 Å². The summed E-state index contributed by atoms with van der Waals surface area (Å²) in [6.07, 6.45) is 1.76. The van der Waals surface area contributed by atoms with Crippen molar-refractivity contribution in [2.45, 2.75) is 12.0 Å². The number of carbonyl (C=O) groups is 1. The first-order chi connectivity index (χ1) is 11.7. The van der Waals surface area contributed by atoms with Gasteiger partial charge in [-0.15, -0.1) is 6.58 Å². The van der Waals surface area contributed by atoms with E-state index in [0.717, 1.165) is 11.1 Å². The first-order valence-corrected chi connectivity index (χ1v) is 7.89. The number of likely N-dealkylation sites (tertiary alicyclic amines) is 1. The summed E-state index contributed by atoms with van der Waals surface area (Å²) >= 11 is 0. The molecule has 24 heavy (non-hydrogen) atoms. The van der Waals surface area contributed by atoms with Gasteiger partial charge in [-0.2, -0.15) is 0 Å². The van der Waals surface area contributed by atoms with Crippen LogP contribution in [0, 0.1) is 0 Å². The van der Waals surface area contributed by atoms with Crippen molar-refractivity contribution >= 4 is 5.91 Å². The number of nitrogens with zero attached hydrogens (tertiary/aromatic N) is 1. The molecule has 0 radical (unpaired) electrons. The van der Waals surface area contributed by atoms with Crippen LogP contribution in [0.15, 0.2) is 61.2 Å². The lowest BCUT2D eigenvalue weighted by Crippen LogP contribution is -2.53. The number of methoxy groups -OCH3 is 2. The zero-order valence-corrected chi connectivity index (χ0v) is 13.9. The molecule has 124 valence electrons. The van der Waals surface area contributed by atoms with E-state index in [1.54, 1.807) is 20.3 Å². The molecule has 1 aliphatic rings. The van der Waals surface area contributed by atoms with Crippen LogP contribution in [0.1, 0.15) is 23.1 Å². The fourth-order valence-corrected chi connectivity index (χ4v) is 3.28. The van der Waals surface area contributed by atoms with E-state index in [9.17, 15) is 4.79 Å². The van der Waals surface area contributed by atoms with Crippen molar-refractivity contribution < 1.29 is 14.3 Å². The Labute approximate surface area is 142 Å². The Hall–Kier alpha value is -2.75. The third-order valence-corrected chi connectivity index (χ3v) is 4.43. The second-order valence-electron chi connectivity index (χ2n) is 5.73. The van der Waals surface area contributed by atoms with E-state index in [0.29, 0.717) is 18.0 Å². The van der Waals surface area contributed by atoms with Gasteiger partial charge in [0.25, 0.3) is 0 Å². The number of ether oxygens (including phenoxy) is 2. The van der Waals surface area contributed by atoms with Gasteiger partial charge in [0, 0.05) is 6.54 Å². The van der Waals surface area contributed by atoms with Crippen LogP contribution in [0.4, 0.5) is 0 Å². The molecule has 2 aromatic carbocycles. The van der Waals surface area contributed by atoms with Crippen molar-refractivity contribution in [1.29, 1.82) is 0 Å². The van der Waals surface area contributed by atoms with Crippen LogP contribution in [0.25, 0.3) is 0 Å². The van der Waals surface area contributed by atoms with E-state index in [-0.39, 0.29) is 17.9 Å². The van der Waals surface area contributed by atoms with Gasteiger partial charge in [-0.1, -0.05) is 42.5 Å². The maximum atomic E-state index is 12.7. The second-order valence-corrected chi connectivity index (χ2v) is 5.73. The summed E-state index contributed by atoms with van der Waals surface area (Å²) in [5, 5.41) is 0. The molecule has 0 N–H and O–H groups in total. The molecule has 4 heteroatoms. The quantitative estimate of drug-likeness (QED) is 0.603. The molecular weight excluding hydrogens is 302 g/mol. The largest absolute Gasteiger partial charge is 0.493 e. The molecule has 4 nitrogen and oxygen atoms in total. The van der Waals surface area contributed by atoms with Gasteiger partial charge >= 0.3 is 0 Å². The van der Waals surface area contributed by atoms with Crippen LogP contribution in [0.3, 0.4) is 0 Å². The van der Waals surface area contributed by atoms with Gasteiger partial charge < -0.3 is 14.4 Å². The van der Waals surface area contributed by atoms with E-state index in [2.05, 4.69) is 18.7 Å². The molecule has 2 aromatic rings. The summed E-state index contributed by atoms with van der Waals surface area (Å²) in [6.45, 7) is 4.31. The Morgan fingerprint density at radius 1 is 1.04 bits per heavy atom. The van der Waals surface area contributed by atoms with Gasteiger partial charge in [0.15, 0.2) is 11.5 Å². The summed E-state index contributed by atoms with van der Waals surface area (Å²) in [6, 6.07) is 15.8. The predicted molar refractivity (Wildman–Crippen MR) is 93.4 cm³/mol. The summed E-state index contributed by atoms with van der Waals surface area (Å²) in [5.74, 6) is 1.19. The Morgan fingerprint density at radius 3 is 2.38 bits per heavy atom. The topological polar surface area (TPSA) is 38.8 Å². The van der Waals surface area contributed by atoms with Gasteiger partial charge in [-0.05, 0) is 23.3 Å². The average molecular weight is 323 g/mol. The Kier molecular flexibility index (Phi) is 4.56. The highest BCUT2D eigenvalue weighted by Crippen LogP contribution is 2.47. The van der Waals surface area contributed by atoms with Crippen molar-refractivity contribution in [3.8, 4) is 11.5 Å². The van der Waals surface area contributed by atoms with Crippen LogP contribution >= 0.6 is 0 Å². The van der Waals surface area contributed by atoms with Crippen LogP contribution in [0.5, 0.6) is 11.5 Å². The van der Waals surface area contributed by atoms with E-state index < -0.39 is 0 Å². The van der Waals surface area contributed by atoms with Crippen molar-refractivity contribution in [2.75, 3.05) is 20.8 Å². The van der Waals surface area contributed by atoms with E-state index in [1.165, 1.54) is 0 Å². The number of rotatable bonds is 6. The van der Waals surface area contributed by atoms with Gasteiger partial charge in [-0.25, -0.2) is 0 Å².